The molecule has 1 aliphatic rings. The van der Waals surface area contributed by atoms with Gasteiger partial charge in [0.2, 0.25) is 0 Å². The molecule has 0 radical (unpaired) electrons. The molecule has 2 rings (SSSR count). The molecule has 1 fully saturated rings. The molecule has 0 bridgehead atoms. The molecule has 0 amide bonds. The molecule has 1 aromatic rings. The highest BCUT2D eigenvalue weighted by molar-refractivity contribution is 9.11. The van der Waals surface area contributed by atoms with Crippen molar-refractivity contribution in [3.05, 3.63) is 46.8 Å². The fourth-order valence-electron chi connectivity index (χ4n) is 1.44. The van der Waals surface area contributed by atoms with Crippen molar-refractivity contribution in [1.29, 1.82) is 0 Å². The lowest BCUT2D eigenvalue weighted by molar-refractivity contribution is -0.0272. The molecule has 0 atom stereocenters. The van der Waals surface area contributed by atoms with E-state index in [1.807, 2.05) is 18.2 Å². The Morgan fingerprint density at radius 1 is 1.14 bits per heavy atom. The lowest BCUT2D eigenvalue weighted by Gasteiger charge is -2.25. The second kappa shape index (κ2) is 4.51. The van der Waals surface area contributed by atoms with Gasteiger partial charge in [0.1, 0.15) is 13.2 Å². The van der Waals surface area contributed by atoms with Crippen molar-refractivity contribution in [3.63, 3.8) is 0 Å². The van der Waals surface area contributed by atoms with Crippen LogP contribution in [-0.4, -0.2) is 13.2 Å². The van der Waals surface area contributed by atoms with Crippen LogP contribution in [0, 0.1) is 0 Å². The normalized spacial score (nSPS) is 20.9. The van der Waals surface area contributed by atoms with E-state index in [9.17, 15) is 0 Å². The minimum absolute atomic E-state index is 0.340. The number of halogens is 1. The van der Waals surface area contributed by atoms with Crippen LogP contribution in [0.15, 0.2) is 41.3 Å². The van der Waals surface area contributed by atoms with Crippen molar-refractivity contribution in [3.8, 4) is 0 Å². The zero-order chi connectivity index (χ0) is 9.80. The maximum atomic E-state index is 5.39. The van der Waals surface area contributed by atoms with E-state index in [0.29, 0.717) is 25.1 Å². The van der Waals surface area contributed by atoms with Crippen LogP contribution in [0.1, 0.15) is 11.5 Å². The van der Waals surface area contributed by atoms with Crippen molar-refractivity contribution in [2.45, 2.75) is 5.92 Å². The molecule has 0 N–H and O–H groups in total. The average Bonchev–Trinajstić information content (AvgIpc) is 2.30. The first-order chi connectivity index (χ1) is 6.90. The first-order valence-corrected chi connectivity index (χ1v) is 5.42. The first kappa shape index (κ1) is 9.59. The minimum atomic E-state index is 0.340. The van der Waals surface area contributed by atoms with Crippen LogP contribution >= 0.6 is 15.9 Å². The molecule has 1 aliphatic heterocycles. The number of hydrogen-bond acceptors (Lipinski definition) is 2. The van der Waals surface area contributed by atoms with Crippen LogP contribution in [0.5, 0.6) is 0 Å². The molecule has 0 aromatic heterocycles. The third-order valence-electron chi connectivity index (χ3n) is 2.21. The van der Waals surface area contributed by atoms with E-state index in [-0.39, 0.29) is 0 Å². The summed E-state index contributed by atoms with van der Waals surface area (Å²) < 4.78 is 10.8. The zero-order valence-corrected chi connectivity index (χ0v) is 9.24. The van der Waals surface area contributed by atoms with E-state index >= 15 is 0 Å². The Labute approximate surface area is 91.7 Å². The van der Waals surface area contributed by atoms with E-state index in [1.165, 1.54) is 5.56 Å². The summed E-state index contributed by atoms with van der Waals surface area (Å²) in [6.45, 7) is 1.36. The fraction of sp³-hybridized carbons (Fsp3) is 0.273. The Hall–Kier alpha value is -0.960. The van der Waals surface area contributed by atoms with Crippen LogP contribution < -0.4 is 0 Å². The Balaban J connectivity index is 2.03. The molecule has 14 heavy (non-hydrogen) atoms. The number of hydrogen-bond donors (Lipinski definition) is 0. The summed E-state index contributed by atoms with van der Waals surface area (Å²) in [6, 6.07) is 10.3. The first-order valence-electron chi connectivity index (χ1n) is 4.51. The predicted octanol–water partition coefficient (Wildman–Crippen LogP) is 3.01. The molecular formula is C11H11BrO2. The Bertz CT molecular complexity index is 311. The van der Waals surface area contributed by atoms with Crippen LogP contribution in [0.25, 0.3) is 0 Å². The van der Waals surface area contributed by atoms with Crippen LogP contribution in [0.3, 0.4) is 0 Å². The lowest BCUT2D eigenvalue weighted by Crippen LogP contribution is -2.20. The Kier molecular flexibility index (Phi) is 3.09. The number of ether oxygens (including phenoxy) is 2. The smallest absolute Gasteiger partial charge is 0.286 e. The zero-order valence-electron chi connectivity index (χ0n) is 7.65. The van der Waals surface area contributed by atoms with Gasteiger partial charge in [-0.3, -0.25) is 0 Å². The highest BCUT2D eigenvalue weighted by atomic mass is 79.9. The molecule has 1 aromatic carbocycles. The largest absolute Gasteiger partial charge is 0.464 e. The highest BCUT2D eigenvalue weighted by Crippen LogP contribution is 2.23. The third kappa shape index (κ3) is 2.10. The van der Waals surface area contributed by atoms with E-state index in [1.54, 1.807) is 4.99 Å². The molecule has 0 spiro atoms. The summed E-state index contributed by atoms with van der Waals surface area (Å²) >= 11 is 3.18. The molecule has 3 heteroatoms. The average molecular weight is 255 g/mol. The van der Waals surface area contributed by atoms with Gasteiger partial charge in [-0.1, -0.05) is 46.3 Å². The van der Waals surface area contributed by atoms with Gasteiger partial charge in [-0.25, -0.2) is 0 Å². The molecule has 74 valence electrons. The van der Waals surface area contributed by atoms with E-state index in [0.717, 1.165) is 0 Å². The van der Waals surface area contributed by atoms with Crippen molar-refractivity contribution in [1.82, 2.24) is 0 Å². The van der Waals surface area contributed by atoms with Gasteiger partial charge in [-0.05, 0) is 5.56 Å². The van der Waals surface area contributed by atoms with Gasteiger partial charge in [0, 0.05) is 0 Å². The van der Waals surface area contributed by atoms with E-state index in [4.69, 9.17) is 9.47 Å². The molecule has 1 heterocycles. The van der Waals surface area contributed by atoms with Crippen molar-refractivity contribution >= 4 is 15.9 Å². The Morgan fingerprint density at radius 3 is 2.36 bits per heavy atom. The van der Waals surface area contributed by atoms with Crippen molar-refractivity contribution < 1.29 is 9.47 Å². The van der Waals surface area contributed by atoms with Crippen LogP contribution in [0.2, 0.25) is 0 Å². The second-order valence-electron chi connectivity index (χ2n) is 3.16. The quantitative estimate of drug-likeness (QED) is 0.767. The van der Waals surface area contributed by atoms with Crippen molar-refractivity contribution in [2.75, 3.05) is 13.2 Å². The Morgan fingerprint density at radius 2 is 1.79 bits per heavy atom. The summed E-state index contributed by atoms with van der Waals surface area (Å²) in [4.78, 5) is 1.66. The van der Waals surface area contributed by atoms with Gasteiger partial charge >= 0.3 is 0 Å². The summed E-state index contributed by atoms with van der Waals surface area (Å²) in [7, 11) is 0. The summed E-state index contributed by atoms with van der Waals surface area (Å²) in [5, 5.41) is 0. The van der Waals surface area contributed by atoms with Gasteiger partial charge in [0.05, 0.1) is 10.9 Å². The summed E-state index contributed by atoms with van der Waals surface area (Å²) in [6.07, 6.45) is 0. The van der Waals surface area contributed by atoms with Gasteiger partial charge in [0.25, 0.3) is 5.95 Å². The molecular weight excluding hydrogens is 244 g/mol. The fourth-order valence-corrected chi connectivity index (χ4v) is 1.70. The van der Waals surface area contributed by atoms with Gasteiger partial charge in [-0.2, -0.15) is 0 Å². The standard InChI is InChI=1S/C11H11BrO2/c12-6-11-13-7-10(8-14-11)9-4-2-1-3-5-9/h1-6,10H,7-8H2. The molecule has 0 unspecified atom stereocenters. The molecule has 0 aliphatic carbocycles. The predicted molar refractivity (Wildman–Crippen MR) is 58.1 cm³/mol. The SMILES string of the molecule is BrC=C1OCC(c2ccccc2)CO1. The second-order valence-corrected chi connectivity index (χ2v) is 3.62. The van der Waals surface area contributed by atoms with Gasteiger partial charge < -0.3 is 9.47 Å². The summed E-state index contributed by atoms with van der Waals surface area (Å²) in [5.41, 5.74) is 1.26. The lowest BCUT2D eigenvalue weighted by atomic mass is 10.0. The van der Waals surface area contributed by atoms with E-state index < -0.39 is 0 Å². The minimum Gasteiger partial charge on any atom is -0.464 e. The molecule has 1 saturated heterocycles. The monoisotopic (exact) mass is 254 g/mol. The van der Waals surface area contributed by atoms with E-state index in [2.05, 4.69) is 28.1 Å². The van der Waals surface area contributed by atoms with Crippen LogP contribution in [-0.2, 0) is 9.47 Å². The maximum absolute atomic E-state index is 5.39. The summed E-state index contributed by atoms with van der Waals surface area (Å²) in [5.74, 6) is 0.907. The highest BCUT2D eigenvalue weighted by Gasteiger charge is 2.19. The third-order valence-corrected chi connectivity index (χ3v) is 2.59. The molecule has 2 nitrogen and oxygen atoms in total. The number of rotatable bonds is 1. The van der Waals surface area contributed by atoms with Crippen molar-refractivity contribution in [2.24, 2.45) is 0 Å². The van der Waals surface area contributed by atoms with Crippen LogP contribution in [0.4, 0.5) is 0 Å². The topological polar surface area (TPSA) is 18.5 Å². The van der Waals surface area contributed by atoms with Gasteiger partial charge in [0.15, 0.2) is 0 Å². The van der Waals surface area contributed by atoms with Gasteiger partial charge in [-0.15, -0.1) is 0 Å². The molecule has 0 saturated carbocycles. The number of benzene rings is 1. The maximum Gasteiger partial charge on any atom is 0.286 e.